The maximum absolute atomic E-state index is 13.4. The Morgan fingerprint density at radius 3 is 2.70 bits per heavy atom. The summed E-state index contributed by atoms with van der Waals surface area (Å²) in [7, 11) is 0. The average Bonchev–Trinajstić information content (AvgIpc) is 3.09. The lowest BCUT2D eigenvalue weighted by molar-refractivity contribution is -0.157. The number of carbonyl (C=O) groups excluding carboxylic acids is 1. The first-order valence-corrected chi connectivity index (χ1v) is 9.79. The molecule has 0 bridgehead atoms. The Kier molecular flexibility index (Phi) is 4.95. The largest absolute Gasteiger partial charge is 0.481 e. The van der Waals surface area contributed by atoms with Crippen LogP contribution in [-0.4, -0.2) is 54.8 Å². The van der Waals surface area contributed by atoms with E-state index in [9.17, 15) is 14.7 Å². The molecule has 4 atom stereocenters. The quantitative estimate of drug-likeness (QED) is 0.881. The van der Waals surface area contributed by atoms with Crippen molar-refractivity contribution in [2.24, 2.45) is 17.3 Å². The van der Waals surface area contributed by atoms with Crippen LogP contribution in [-0.2, 0) is 19.1 Å². The fourth-order valence-electron chi connectivity index (χ4n) is 4.82. The van der Waals surface area contributed by atoms with Crippen LogP contribution < -0.4 is 0 Å². The summed E-state index contributed by atoms with van der Waals surface area (Å²) < 4.78 is 11.5. The minimum atomic E-state index is -0.858. The summed E-state index contributed by atoms with van der Waals surface area (Å²) in [6.45, 7) is 4.29. The van der Waals surface area contributed by atoms with Gasteiger partial charge < -0.3 is 19.5 Å². The molecule has 3 aliphatic heterocycles. The number of hydrogen-bond acceptors (Lipinski definition) is 4. The van der Waals surface area contributed by atoms with Crippen molar-refractivity contribution in [1.29, 1.82) is 0 Å². The molecule has 3 aliphatic rings. The van der Waals surface area contributed by atoms with Crippen LogP contribution in [0.25, 0.3) is 0 Å². The van der Waals surface area contributed by atoms with Gasteiger partial charge in [-0.1, -0.05) is 29.8 Å². The van der Waals surface area contributed by atoms with Gasteiger partial charge in [0.25, 0.3) is 0 Å². The lowest BCUT2D eigenvalue weighted by Crippen LogP contribution is -2.45. The smallest absolute Gasteiger partial charge is 0.311 e. The molecule has 146 valence electrons. The molecule has 0 radical (unpaired) electrons. The standard InChI is InChI=1S/C21H27NO5/c1-14-4-6-15(7-5-14)18-17(3-2-9-27-18)19(23)22-11-16-12-26-10-8-21(16,13-22)20(24)25/h4-7,16-18H,2-3,8-13H2,1H3,(H,24,25)/t16-,17?,18?,21+/m0/s1. The number of aryl methyl sites for hydroxylation is 1. The highest BCUT2D eigenvalue weighted by molar-refractivity contribution is 5.83. The summed E-state index contributed by atoms with van der Waals surface area (Å²) in [4.78, 5) is 27.1. The molecule has 1 aromatic carbocycles. The van der Waals surface area contributed by atoms with Gasteiger partial charge in [0.05, 0.1) is 24.0 Å². The fourth-order valence-corrected chi connectivity index (χ4v) is 4.82. The van der Waals surface area contributed by atoms with E-state index < -0.39 is 11.4 Å². The Balaban J connectivity index is 1.55. The van der Waals surface area contributed by atoms with E-state index in [0.29, 0.717) is 32.8 Å². The van der Waals surface area contributed by atoms with Crippen LogP contribution in [0.3, 0.4) is 0 Å². The third kappa shape index (κ3) is 3.25. The predicted octanol–water partition coefficient (Wildman–Crippen LogP) is 2.41. The van der Waals surface area contributed by atoms with Crippen LogP contribution in [0, 0.1) is 24.2 Å². The number of amides is 1. The van der Waals surface area contributed by atoms with E-state index >= 15 is 0 Å². The molecular formula is C21H27NO5. The van der Waals surface area contributed by atoms with Crippen molar-refractivity contribution in [3.05, 3.63) is 35.4 Å². The molecule has 0 saturated carbocycles. The van der Waals surface area contributed by atoms with E-state index in [2.05, 4.69) is 0 Å². The number of aliphatic carboxylic acids is 1. The zero-order chi connectivity index (χ0) is 19.0. The normalized spacial score (nSPS) is 33.5. The second-order valence-corrected chi connectivity index (χ2v) is 8.15. The average molecular weight is 373 g/mol. The van der Waals surface area contributed by atoms with Crippen LogP contribution in [0.5, 0.6) is 0 Å². The molecule has 1 amide bonds. The zero-order valence-corrected chi connectivity index (χ0v) is 15.7. The minimum absolute atomic E-state index is 0.0234. The monoisotopic (exact) mass is 373 g/mol. The molecule has 0 spiro atoms. The van der Waals surface area contributed by atoms with Gasteiger partial charge in [0.2, 0.25) is 5.91 Å². The van der Waals surface area contributed by atoms with Gasteiger partial charge in [0.15, 0.2) is 0 Å². The van der Waals surface area contributed by atoms with Crippen molar-refractivity contribution in [3.63, 3.8) is 0 Å². The second-order valence-electron chi connectivity index (χ2n) is 8.15. The fraction of sp³-hybridized carbons (Fsp3) is 0.619. The van der Waals surface area contributed by atoms with Crippen molar-refractivity contribution >= 4 is 11.9 Å². The van der Waals surface area contributed by atoms with E-state index in [-0.39, 0.29) is 30.4 Å². The van der Waals surface area contributed by atoms with Gasteiger partial charge in [0, 0.05) is 32.2 Å². The zero-order valence-electron chi connectivity index (χ0n) is 15.7. The van der Waals surface area contributed by atoms with Crippen LogP contribution in [0.15, 0.2) is 24.3 Å². The molecule has 6 heteroatoms. The van der Waals surface area contributed by atoms with E-state index in [1.807, 2.05) is 31.2 Å². The van der Waals surface area contributed by atoms with E-state index in [1.165, 1.54) is 5.56 Å². The molecular weight excluding hydrogens is 346 g/mol. The minimum Gasteiger partial charge on any atom is -0.481 e. The van der Waals surface area contributed by atoms with Gasteiger partial charge in [0.1, 0.15) is 0 Å². The first-order valence-electron chi connectivity index (χ1n) is 9.79. The number of carboxylic acid groups (broad SMARTS) is 1. The number of ether oxygens (including phenoxy) is 2. The topological polar surface area (TPSA) is 76.1 Å². The molecule has 3 heterocycles. The molecule has 3 saturated heterocycles. The van der Waals surface area contributed by atoms with Crippen molar-refractivity contribution < 1.29 is 24.2 Å². The molecule has 4 rings (SSSR count). The summed E-state index contributed by atoms with van der Waals surface area (Å²) in [6, 6.07) is 8.13. The summed E-state index contributed by atoms with van der Waals surface area (Å²) >= 11 is 0. The van der Waals surface area contributed by atoms with Gasteiger partial charge in [-0.05, 0) is 31.7 Å². The Hall–Kier alpha value is -1.92. The lowest BCUT2D eigenvalue weighted by atomic mass is 9.74. The summed E-state index contributed by atoms with van der Waals surface area (Å²) in [5, 5.41) is 9.85. The third-order valence-electron chi connectivity index (χ3n) is 6.49. The molecule has 3 fully saturated rings. The molecule has 0 aromatic heterocycles. The number of nitrogens with zero attached hydrogens (tertiary/aromatic N) is 1. The SMILES string of the molecule is Cc1ccc(C2OCCCC2C(=O)N2C[C@H]3COCC[C@@]3(C(=O)O)C2)cc1. The first kappa shape index (κ1) is 18.4. The van der Waals surface area contributed by atoms with E-state index in [1.54, 1.807) is 4.90 Å². The number of likely N-dealkylation sites (tertiary alicyclic amines) is 1. The predicted molar refractivity (Wildman–Crippen MR) is 98.2 cm³/mol. The summed E-state index contributed by atoms with van der Waals surface area (Å²) in [5.74, 6) is -1.17. The molecule has 0 aliphatic carbocycles. The first-order chi connectivity index (χ1) is 13.0. The number of benzene rings is 1. The Labute approximate surface area is 159 Å². The highest BCUT2D eigenvalue weighted by atomic mass is 16.5. The van der Waals surface area contributed by atoms with Gasteiger partial charge in [-0.3, -0.25) is 9.59 Å². The third-order valence-corrected chi connectivity index (χ3v) is 6.49. The number of hydrogen-bond donors (Lipinski definition) is 1. The van der Waals surface area contributed by atoms with E-state index in [0.717, 1.165) is 18.4 Å². The van der Waals surface area contributed by atoms with Gasteiger partial charge in [-0.25, -0.2) is 0 Å². The molecule has 6 nitrogen and oxygen atoms in total. The van der Waals surface area contributed by atoms with Gasteiger partial charge in [-0.2, -0.15) is 0 Å². The molecule has 1 aromatic rings. The summed E-state index contributed by atoms with van der Waals surface area (Å²) in [5.41, 5.74) is 1.33. The van der Waals surface area contributed by atoms with Crippen molar-refractivity contribution in [1.82, 2.24) is 4.90 Å². The number of carboxylic acids is 1. The van der Waals surface area contributed by atoms with E-state index in [4.69, 9.17) is 9.47 Å². The molecule has 1 N–H and O–H groups in total. The van der Waals surface area contributed by atoms with Crippen LogP contribution in [0.1, 0.15) is 36.5 Å². The highest BCUT2D eigenvalue weighted by Crippen LogP contribution is 2.44. The maximum Gasteiger partial charge on any atom is 0.311 e. The molecule has 27 heavy (non-hydrogen) atoms. The number of fused-ring (bicyclic) bond motifs is 1. The van der Waals surface area contributed by atoms with Crippen molar-refractivity contribution in [3.8, 4) is 0 Å². The van der Waals surface area contributed by atoms with Crippen LogP contribution in [0.4, 0.5) is 0 Å². The van der Waals surface area contributed by atoms with Gasteiger partial charge >= 0.3 is 5.97 Å². The molecule has 2 unspecified atom stereocenters. The van der Waals surface area contributed by atoms with Crippen LogP contribution in [0.2, 0.25) is 0 Å². The van der Waals surface area contributed by atoms with Gasteiger partial charge in [-0.15, -0.1) is 0 Å². The lowest BCUT2D eigenvalue weighted by Gasteiger charge is -2.35. The van der Waals surface area contributed by atoms with Crippen molar-refractivity contribution in [2.75, 3.05) is 32.9 Å². The summed E-state index contributed by atoms with van der Waals surface area (Å²) in [6.07, 6.45) is 1.84. The Morgan fingerprint density at radius 2 is 2.00 bits per heavy atom. The second kappa shape index (κ2) is 7.24. The number of rotatable bonds is 3. The number of carbonyl (C=O) groups is 2. The highest BCUT2D eigenvalue weighted by Gasteiger charge is 2.55. The van der Waals surface area contributed by atoms with Crippen molar-refractivity contribution in [2.45, 2.75) is 32.3 Å². The Bertz CT molecular complexity index is 718. The van der Waals surface area contributed by atoms with Crippen LogP contribution >= 0.6 is 0 Å². The Morgan fingerprint density at radius 1 is 1.22 bits per heavy atom. The maximum atomic E-state index is 13.4.